The maximum absolute atomic E-state index is 12.8. The number of hydrogen-bond acceptors (Lipinski definition) is 4. The molecule has 0 bridgehead atoms. The lowest BCUT2D eigenvalue weighted by Crippen LogP contribution is -2.61. The normalized spacial score (nSPS) is 27.8. The zero-order valence-electron chi connectivity index (χ0n) is 14.2. The number of aromatic nitrogens is 1. The first-order chi connectivity index (χ1) is 11.6. The average molecular weight is 331 g/mol. The van der Waals surface area contributed by atoms with Gasteiger partial charge in [-0.1, -0.05) is 0 Å². The van der Waals surface area contributed by atoms with E-state index in [0.29, 0.717) is 13.1 Å². The van der Waals surface area contributed by atoms with Crippen LogP contribution in [0, 0.1) is 5.92 Å². The molecule has 0 unspecified atom stereocenters. The summed E-state index contributed by atoms with van der Waals surface area (Å²) in [5, 5.41) is 0. The number of rotatable bonds is 3. The minimum atomic E-state index is -0.223. The van der Waals surface area contributed by atoms with Crippen LogP contribution < -0.4 is 5.56 Å². The van der Waals surface area contributed by atoms with Gasteiger partial charge in [0.2, 0.25) is 0 Å². The van der Waals surface area contributed by atoms with Crippen molar-refractivity contribution in [3.63, 3.8) is 0 Å². The lowest BCUT2D eigenvalue weighted by molar-refractivity contribution is -0.0989. The van der Waals surface area contributed by atoms with E-state index >= 15 is 0 Å². The van der Waals surface area contributed by atoms with Crippen LogP contribution in [-0.2, 0) is 11.8 Å². The molecule has 130 valence electrons. The summed E-state index contributed by atoms with van der Waals surface area (Å²) >= 11 is 0. The van der Waals surface area contributed by atoms with Crippen molar-refractivity contribution in [1.29, 1.82) is 0 Å². The van der Waals surface area contributed by atoms with E-state index in [1.165, 1.54) is 17.4 Å². The molecule has 4 rings (SSSR count). The maximum Gasteiger partial charge on any atom is 0.263 e. The molecule has 6 heteroatoms. The lowest BCUT2D eigenvalue weighted by atomic mass is 9.97. The molecule has 3 heterocycles. The first-order valence-corrected chi connectivity index (χ1v) is 8.94. The third-order valence-electron chi connectivity index (χ3n) is 5.53. The number of aryl methyl sites for hydroxylation is 1. The molecule has 1 aromatic heterocycles. The fourth-order valence-corrected chi connectivity index (χ4v) is 3.92. The Hall–Kier alpha value is -1.66. The second-order valence-electron chi connectivity index (χ2n) is 7.29. The second kappa shape index (κ2) is 6.33. The average Bonchev–Trinajstić information content (AvgIpc) is 3.41. The predicted octanol–water partition coefficient (Wildman–Crippen LogP) is 0.711. The first-order valence-electron chi connectivity index (χ1n) is 8.94. The van der Waals surface area contributed by atoms with Crippen LogP contribution >= 0.6 is 0 Å². The van der Waals surface area contributed by atoms with Crippen LogP contribution in [0.5, 0.6) is 0 Å². The van der Waals surface area contributed by atoms with Crippen molar-refractivity contribution in [3.8, 4) is 0 Å². The number of morpholine rings is 1. The van der Waals surface area contributed by atoms with Gasteiger partial charge in [0.1, 0.15) is 5.56 Å². The second-order valence-corrected chi connectivity index (χ2v) is 7.29. The van der Waals surface area contributed by atoms with Crippen molar-refractivity contribution in [2.75, 3.05) is 32.8 Å². The zero-order chi connectivity index (χ0) is 16.7. The molecule has 0 aromatic carbocycles. The molecular weight excluding hydrogens is 306 g/mol. The van der Waals surface area contributed by atoms with Crippen LogP contribution in [0.25, 0.3) is 0 Å². The van der Waals surface area contributed by atoms with Crippen molar-refractivity contribution < 1.29 is 9.53 Å². The molecule has 1 aromatic rings. The monoisotopic (exact) mass is 331 g/mol. The molecule has 1 saturated carbocycles. The quantitative estimate of drug-likeness (QED) is 0.819. The van der Waals surface area contributed by atoms with Gasteiger partial charge in [-0.2, -0.15) is 0 Å². The van der Waals surface area contributed by atoms with E-state index < -0.39 is 0 Å². The van der Waals surface area contributed by atoms with E-state index in [-0.39, 0.29) is 29.2 Å². The van der Waals surface area contributed by atoms with Crippen LogP contribution in [0.4, 0.5) is 0 Å². The van der Waals surface area contributed by atoms with E-state index in [4.69, 9.17) is 4.74 Å². The predicted molar refractivity (Wildman–Crippen MR) is 90.0 cm³/mol. The van der Waals surface area contributed by atoms with Crippen molar-refractivity contribution in [1.82, 2.24) is 14.4 Å². The molecule has 1 aliphatic carbocycles. The summed E-state index contributed by atoms with van der Waals surface area (Å²) in [6.07, 6.45) is 5.41. The number of nitrogens with zero attached hydrogens (tertiary/aromatic N) is 3. The van der Waals surface area contributed by atoms with E-state index in [1.807, 2.05) is 4.90 Å². The van der Waals surface area contributed by atoms with Crippen LogP contribution in [0.15, 0.2) is 23.1 Å². The third-order valence-corrected chi connectivity index (χ3v) is 5.53. The number of likely N-dealkylation sites (tertiary alicyclic amines) is 1. The van der Waals surface area contributed by atoms with E-state index in [0.717, 1.165) is 32.0 Å². The van der Waals surface area contributed by atoms with Crippen molar-refractivity contribution in [2.24, 2.45) is 13.0 Å². The van der Waals surface area contributed by atoms with Gasteiger partial charge in [0.25, 0.3) is 11.5 Å². The van der Waals surface area contributed by atoms with Gasteiger partial charge < -0.3 is 14.2 Å². The number of amides is 1. The number of carbonyl (C=O) groups excluding carboxylic acids is 1. The number of piperidine rings is 1. The fourth-order valence-electron chi connectivity index (χ4n) is 3.92. The molecule has 0 N–H and O–H groups in total. The number of pyridine rings is 1. The van der Waals surface area contributed by atoms with Gasteiger partial charge in [-0.25, -0.2) is 0 Å². The van der Waals surface area contributed by atoms with Gasteiger partial charge >= 0.3 is 0 Å². The Morgan fingerprint density at radius 1 is 1.29 bits per heavy atom. The topological polar surface area (TPSA) is 54.8 Å². The maximum atomic E-state index is 12.8. The SMILES string of the molecule is Cn1cccc(C(=O)N2CC[C@@H]3OCCN(CC4CC4)[C@H]3C2)c1=O. The van der Waals surface area contributed by atoms with Crippen LogP contribution in [0.2, 0.25) is 0 Å². The Kier molecular flexibility index (Phi) is 4.18. The summed E-state index contributed by atoms with van der Waals surface area (Å²) in [5.41, 5.74) is 0.0447. The zero-order valence-corrected chi connectivity index (χ0v) is 14.2. The summed E-state index contributed by atoms with van der Waals surface area (Å²) in [7, 11) is 1.68. The third kappa shape index (κ3) is 3.00. The van der Waals surface area contributed by atoms with Crippen LogP contribution in [-0.4, -0.2) is 65.2 Å². The number of fused-ring (bicyclic) bond motifs is 1. The number of ether oxygens (including phenoxy) is 1. The molecule has 3 fully saturated rings. The first kappa shape index (κ1) is 15.8. The molecule has 0 radical (unpaired) electrons. The van der Waals surface area contributed by atoms with Gasteiger partial charge in [-0.15, -0.1) is 0 Å². The minimum Gasteiger partial charge on any atom is -0.375 e. The highest BCUT2D eigenvalue weighted by molar-refractivity contribution is 5.93. The molecule has 6 nitrogen and oxygen atoms in total. The fraction of sp³-hybridized carbons (Fsp3) is 0.667. The van der Waals surface area contributed by atoms with Gasteiger partial charge in [0, 0.05) is 39.4 Å². The summed E-state index contributed by atoms with van der Waals surface area (Å²) in [4.78, 5) is 29.4. The number of hydrogen-bond donors (Lipinski definition) is 0. The lowest BCUT2D eigenvalue weighted by Gasteiger charge is -2.47. The van der Waals surface area contributed by atoms with E-state index in [2.05, 4.69) is 4.90 Å². The highest BCUT2D eigenvalue weighted by Gasteiger charge is 2.40. The molecule has 2 saturated heterocycles. The highest BCUT2D eigenvalue weighted by Crippen LogP contribution is 2.33. The largest absolute Gasteiger partial charge is 0.375 e. The molecule has 0 spiro atoms. The molecule has 1 amide bonds. The van der Waals surface area contributed by atoms with Crippen LogP contribution in [0.3, 0.4) is 0 Å². The highest BCUT2D eigenvalue weighted by atomic mass is 16.5. The van der Waals surface area contributed by atoms with Gasteiger partial charge in [0.15, 0.2) is 0 Å². The molecule has 3 aliphatic rings. The Labute approximate surface area is 142 Å². The van der Waals surface area contributed by atoms with Gasteiger partial charge in [-0.3, -0.25) is 14.5 Å². The van der Waals surface area contributed by atoms with Crippen molar-refractivity contribution in [3.05, 3.63) is 34.2 Å². The van der Waals surface area contributed by atoms with Gasteiger partial charge in [-0.05, 0) is 37.3 Å². The van der Waals surface area contributed by atoms with Crippen molar-refractivity contribution in [2.45, 2.75) is 31.4 Å². The van der Waals surface area contributed by atoms with Crippen LogP contribution in [0.1, 0.15) is 29.6 Å². The minimum absolute atomic E-state index is 0.147. The summed E-state index contributed by atoms with van der Waals surface area (Å²) in [5.74, 6) is 0.683. The summed E-state index contributed by atoms with van der Waals surface area (Å²) in [6.45, 7) is 4.19. The standard InChI is InChI=1S/C18H25N3O3/c1-19-7-2-3-14(17(19)22)18(23)21-8-6-16-15(12-21)20(9-10-24-16)11-13-4-5-13/h2-3,7,13,15-16H,4-6,8-12H2,1H3/t15-,16-/m0/s1. The van der Waals surface area contributed by atoms with Gasteiger partial charge in [0.05, 0.1) is 18.8 Å². The molecule has 2 aliphatic heterocycles. The van der Waals surface area contributed by atoms with E-state index in [1.54, 1.807) is 25.4 Å². The Balaban J connectivity index is 1.51. The number of carbonyl (C=O) groups is 1. The Morgan fingerprint density at radius 3 is 2.92 bits per heavy atom. The van der Waals surface area contributed by atoms with Crippen molar-refractivity contribution >= 4 is 5.91 Å². The summed E-state index contributed by atoms with van der Waals surface area (Å²) in [6, 6.07) is 3.66. The Bertz CT molecular complexity index is 682. The Morgan fingerprint density at radius 2 is 2.12 bits per heavy atom. The molecular formula is C18H25N3O3. The smallest absolute Gasteiger partial charge is 0.263 e. The molecule has 2 atom stereocenters. The molecule has 24 heavy (non-hydrogen) atoms. The summed E-state index contributed by atoms with van der Waals surface area (Å²) < 4.78 is 7.41. The van der Waals surface area contributed by atoms with E-state index in [9.17, 15) is 9.59 Å².